The number of carbonyl (C=O) groups excluding carboxylic acids is 2. The summed E-state index contributed by atoms with van der Waals surface area (Å²) >= 11 is 0. The van der Waals surface area contributed by atoms with Gasteiger partial charge < -0.3 is 15.1 Å². The van der Waals surface area contributed by atoms with Crippen LogP contribution in [0.5, 0.6) is 0 Å². The van der Waals surface area contributed by atoms with Gasteiger partial charge in [-0.15, -0.1) is 0 Å². The molecule has 3 aromatic carbocycles. The molecule has 0 spiro atoms. The van der Waals surface area contributed by atoms with Gasteiger partial charge in [-0.1, -0.05) is 42.5 Å². The minimum atomic E-state index is -1.04. The van der Waals surface area contributed by atoms with Gasteiger partial charge in [-0.3, -0.25) is 9.59 Å². The zero-order valence-electron chi connectivity index (χ0n) is 20.0. The third kappa shape index (κ3) is 4.58. The Morgan fingerprint density at radius 1 is 0.972 bits per heavy atom. The van der Waals surface area contributed by atoms with Gasteiger partial charge in [0.1, 0.15) is 17.5 Å². The fourth-order valence-electron chi connectivity index (χ4n) is 4.36. The third-order valence-corrected chi connectivity index (χ3v) is 6.19. The van der Waals surface area contributed by atoms with E-state index in [1.54, 1.807) is 25.3 Å². The first-order valence-corrected chi connectivity index (χ1v) is 11.7. The number of benzene rings is 3. The van der Waals surface area contributed by atoms with Gasteiger partial charge in [-0.05, 0) is 66.1 Å². The molecule has 1 atom stereocenters. The Bertz CT molecular complexity index is 1550. The molecule has 2 amide bonds. The number of hydrogen-bond donors (Lipinski definition) is 2. The molecule has 5 nitrogen and oxygen atoms in total. The van der Waals surface area contributed by atoms with Crippen LogP contribution in [-0.2, 0) is 0 Å². The normalized spacial score (nSPS) is 15.0. The van der Waals surface area contributed by atoms with Crippen molar-refractivity contribution >= 4 is 34.0 Å². The second-order valence-electron chi connectivity index (χ2n) is 8.77. The van der Waals surface area contributed by atoms with Crippen LogP contribution in [0.3, 0.4) is 0 Å². The van der Waals surface area contributed by atoms with E-state index in [2.05, 4.69) is 10.6 Å². The predicted octanol–water partition coefficient (Wildman–Crippen LogP) is 6.70. The predicted molar refractivity (Wildman–Crippen MR) is 141 cm³/mol. The van der Waals surface area contributed by atoms with Crippen LogP contribution >= 0.6 is 0 Å². The fraction of sp³-hybridized carbons (Fsp3) is 0.133. The number of carbonyl (C=O) groups is 2. The highest BCUT2D eigenvalue weighted by Crippen LogP contribution is 2.36. The SMILES string of the molecule is CNC(=O)c1c(C2=CCC(F)C=C2)oc2ccc(-c3cccc(C(=O)Nc4cccc(C)c4)c3)cc12. The Kier molecular flexibility index (Phi) is 6.25. The van der Waals surface area contributed by atoms with Gasteiger partial charge >= 0.3 is 0 Å². The van der Waals surface area contributed by atoms with Crippen LogP contribution in [-0.4, -0.2) is 25.0 Å². The number of amides is 2. The number of rotatable bonds is 5. The average molecular weight is 481 g/mol. The molecule has 0 aliphatic heterocycles. The Morgan fingerprint density at radius 3 is 2.53 bits per heavy atom. The summed E-state index contributed by atoms with van der Waals surface area (Å²) in [6.45, 7) is 1.97. The summed E-state index contributed by atoms with van der Waals surface area (Å²) in [4.78, 5) is 25.7. The molecule has 36 heavy (non-hydrogen) atoms. The molecule has 2 N–H and O–H groups in total. The molecule has 0 fully saturated rings. The van der Waals surface area contributed by atoms with E-state index >= 15 is 0 Å². The summed E-state index contributed by atoms with van der Waals surface area (Å²) < 4.78 is 19.7. The molecule has 1 aliphatic carbocycles. The largest absolute Gasteiger partial charge is 0.455 e. The molecule has 0 radical (unpaired) electrons. The lowest BCUT2D eigenvalue weighted by atomic mass is 9.97. The van der Waals surface area contributed by atoms with Gasteiger partial charge in [0.25, 0.3) is 11.8 Å². The van der Waals surface area contributed by atoms with E-state index < -0.39 is 6.17 Å². The number of furan rings is 1. The van der Waals surface area contributed by atoms with Crippen molar-refractivity contribution in [2.24, 2.45) is 0 Å². The van der Waals surface area contributed by atoms with E-state index in [-0.39, 0.29) is 18.2 Å². The maximum atomic E-state index is 13.6. The molecular weight excluding hydrogens is 455 g/mol. The number of anilines is 1. The lowest BCUT2D eigenvalue weighted by Gasteiger charge is -2.09. The van der Waals surface area contributed by atoms with Gasteiger partial charge in [-0.25, -0.2) is 4.39 Å². The Balaban J connectivity index is 1.52. The maximum Gasteiger partial charge on any atom is 0.255 e. The van der Waals surface area contributed by atoms with E-state index in [4.69, 9.17) is 4.42 Å². The first kappa shape index (κ1) is 23.3. The standard InChI is InChI=1S/C30H25FN2O3/c1-18-5-3-8-24(15-18)33-29(34)22-7-4-6-20(16-22)21-11-14-26-25(17-21)27(30(35)32-2)28(36-26)19-9-12-23(31)13-10-19/h3-12,14-17,23H,13H2,1-2H3,(H,32,35)(H,33,34). The number of nitrogens with one attached hydrogen (secondary N) is 2. The minimum absolute atomic E-state index is 0.206. The van der Waals surface area contributed by atoms with Crippen LogP contribution in [0.4, 0.5) is 10.1 Å². The monoisotopic (exact) mass is 480 g/mol. The first-order chi connectivity index (χ1) is 17.4. The minimum Gasteiger partial charge on any atom is -0.455 e. The van der Waals surface area contributed by atoms with E-state index in [0.717, 1.165) is 22.4 Å². The maximum absolute atomic E-state index is 13.6. The summed E-state index contributed by atoms with van der Waals surface area (Å²) in [7, 11) is 1.56. The number of alkyl halides is 1. The number of fused-ring (bicyclic) bond motifs is 1. The molecule has 1 aliphatic rings. The van der Waals surface area contributed by atoms with E-state index in [0.29, 0.717) is 33.4 Å². The smallest absolute Gasteiger partial charge is 0.255 e. The molecule has 1 heterocycles. The van der Waals surface area contributed by atoms with Crippen LogP contribution in [0.2, 0.25) is 0 Å². The third-order valence-electron chi connectivity index (χ3n) is 6.19. The van der Waals surface area contributed by atoms with Gasteiger partial charge in [-0.2, -0.15) is 0 Å². The van der Waals surface area contributed by atoms with Crippen LogP contribution < -0.4 is 10.6 Å². The zero-order chi connectivity index (χ0) is 25.2. The van der Waals surface area contributed by atoms with Crippen LogP contribution in [0, 0.1) is 6.92 Å². The Morgan fingerprint density at radius 2 is 1.78 bits per heavy atom. The molecule has 180 valence electrons. The molecule has 5 rings (SSSR count). The number of allylic oxidation sites excluding steroid dienone is 4. The fourth-order valence-corrected chi connectivity index (χ4v) is 4.36. The lowest BCUT2D eigenvalue weighted by molar-refractivity contribution is 0.0962. The van der Waals surface area contributed by atoms with Gasteiger partial charge in [0, 0.05) is 35.7 Å². The summed E-state index contributed by atoms with van der Waals surface area (Å²) in [6.07, 6.45) is 4.05. The van der Waals surface area contributed by atoms with Crippen molar-refractivity contribution in [2.75, 3.05) is 12.4 Å². The molecule has 6 heteroatoms. The van der Waals surface area contributed by atoms with Crippen molar-refractivity contribution in [3.8, 4) is 11.1 Å². The van der Waals surface area contributed by atoms with Crippen molar-refractivity contribution in [3.05, 3.63) is 107 Å². The molecular formula is C30H25FN2O3. The summed E-state index contributed by atoms with van der Waals surface area (Å²) in [5.74, 6) is -0.0813. The average Bonchev–Trinajstić information content (AvgIpc) is 3.27. The van der Waals surface area contributed by atoms with Crippen LogP contribution in [0.15, 0.2) is 89.4 Å². The molecule has 1 aromatic heterocycles. The second-order valence-corrected chi connectivity index (χ2v) is 8.77. The number of hydrogen-bond acceptors (Lipinski definition) is 3. The first-order valence-electron chi connectivity index (χ1n) is 11.7. The van der Waals surface area contributed by atoms with Crippen LogP contribution in [0.25, 0.3) is 27.7 Å². The molecule has 0 bridgehead atoms. The quantitative estimate of drug-likeness (QED) is 0.334. The molecule has 0 saturated heterocycles. The van der Waals surface area contributed by atoms with Crippen LogP contribution in [0.1, 0.15) is 38.5 Å². The molecule has 0 saturated carbocycles. The number of halogens is 1. The van der Waals surface area contributed by atoms with Crippen molar-refractivity contribution in [1.82, 2.24) is 5.32 Å². The molecule has 1 unspecified atom stereocenters. The lowest BCUT2D eigenvalue weighted by Crippen LogP contribution is -2.18. The second kappa shape index (κ2) is 9.66. The summed E-state index contributed by atoms with van der Waals surface area (Å²) in [6, 6.07) is 20.6. The van der Waals surface area contributed by atoms with Gasteiger partial charge in [0.05, 0.1) is 5.56 Å². The summed E-state index contributed by atoms with van der Waals surface area (Å²) in [5.41, 5.74) is 5.61. The van der Waals surface area contributed by atoms with E-state index in [9.17, 15) is 14.0 Å². The van der Waals surface area contributed by atoms with Crippen molar-refractivity contribution < 1.29 is 18.4 Å². The zero-order valence-corrected chi connectivity index (χ0v) is 20.0. The Labute approximate surface area is 208 Å². The summed E-state index contributed by atoms with van der Waals surface area (Å²) in [5, 5.41) is 6.26. The Hall–Kier alpha value is -4.45. The highest BCUT2D eigenvalue weighted by molar-refractivity contribution is 6.11. The van der Waals surface area contributed by atoms with Crippen molar-refractivity contribution in [3.63, 3.8) is 0 Å². The highest BCUT2D eigenvalue weighted by Gasteiger charge is 2.24. The van der Waals surface area contributed by atoms with E-state index in [1.165, 1.54) is 6.08 Å². The van der Waals surface area contributed by atoms with E-state index in [1.807, 2.05) is 67.6 Å². The van der Waals surface area contributed by atoms with Gasteiger partial charge in [0.15, 0.2) is 0 Å². The van der Waals surface area contributed by atoms with Crippen molar-refractivity contribution in [2.45, 2.75) is 19.5 Å². The number of aryl methyl sites for hydroxylation is 1. The van der Waals surface area contributed by atoms with Gasteiger partial charge in [0.2, 0.25) is 0 Å². The highest BCUT2D eigenvalue weighted by atomic mass is 19.1. The topological polar surface area (TPSA) is 71.3 Å². The van der Waals surface area contributed by atoms with Crippen molar-refractivity contribution in [1.29, 1.82) is 0 Å². The molecule has 4 aromatic rings.